The molecule has 1 aromatic carbocycles. The first kappa shape index (κ1) is 34.0. The third-order valence-electron chi connectivity index (χ3n) is 9.73. The number of likely N-dealkylation sites (tertiary alicyclic amines) is 1. The van der Waals surface area contributed by atoms with E-state index in [0.29, 0.717) is 60.9 Å². The molecule has 51 heavy (non-hydrogen) atoms. The van der Waals surface area contributed by atoms with Crippen LogP contribution in [0.4, 0.5) is 14.5 Å². The van der Waals surface area contributed by atoms with Crippen LogP contribution in [0.3, 0.4) is 0 Å². The summed E-state index contributed by atoms with van der Waals surface area (Å²) in [5.41, 5.74) is 0.960. The number of fused-ring (bicyclic) bond motifs is 3. The zero-order valence-electron chi connectivity index (χ0n) is 27.7. The van der Waals surface area contributed by atoms with Gasteiger partial charge in [0.25, 0.3) is 12.3 Å². The zero-order chi connectivity index (χ0) is 36.2. The number of benzene rings is 1. The molecule has 0 bridgehead atoms. The minimum atomic E-state index is -2.73. The second-order valence-corrected chi connectivity index (χ2v) is 13.2. The minimum absolute atomic E-state index is 0.0463. The number of methoxy groups -OCH3 is 1. The van der Waals surface area contributed by atoms with E-state index in [9.17, 15) is 28.3 Å². The summed E-state index contributed by atoms with van der Waals surface area (Å²) in [6.07, 6.45) is 1.47. The van der Waals surface area contributed by atoms with Crippen molar-refractivity contribution in [1.82, 2.24) is 39.4 Å². The van der Waals surface area contributed by atoms with Crippen LogP contribution in [-0.2, 0) is 16.8 Å². The van der Waals surface area contributed by atoms with Crippen molar-refractivity contribution in [1.29, 1.82) is 0 Å². The number of rotatable bonds is 7. The Balaban J connectivity index is 1.29. The largest absolute Gasteiger partial charge is 0.504 e. The van der Waals surface area contributed by atoms with Gasteiger partial charge in [0.15, 0.2) is 22.6 Å². The van der Waals surface area contributed by atoms with Gasteiger partial charge in [-0.15, -0.1) is 15.0 Å². The van der Waals surface area contributed by atoms with E-state index in [1.165, 1.54) is 36.6 Å². The molecule has 1 spiro atoms. The standard InChI is InChI=1S/C34H32ClF2N9O5/c1-17-14-34(7-10-44(11-8-34)33(50)27-29(48)18(2)39-16-40-27)25-28(17)45(15-23(47)41-22-5-4-19(31(36)37)12-21(22)35)32-26(30(25)49)42-46(43-32)20-6-9-38-24(13-20)51-3/h4-6,9,12-13,16-17,31,48H,7-8,10-11,14-15H2,1-3H3,(H,41,47)/t17-/m0/s1. The van der Waals surface area contributed by atoms with Crippen LogP contribution in [0.25, 0.3) is 16.9 Å². The van der Waals surface area contributed by atoms with Gasteiger partial charge in [-0.1, -0.05) is 24.6 Å². The maximum absolute atomic E-state index is 14.5. The first-order valence-electron chi connectivity index (χ1n) is 16.1. The predicted molar refractivity (Wildman–Crippen MR) is 181 cm³/mol. The number of pyridine rings is 2. The molecule has 1 saturated heterocycles. The van der Waals surface area contributed by atoms with Crippen molar-refractivity contribution in [3.8, 4) is 17.3 Å². The van der Waals surface area contributed by atoms with Gasteiger partial charge in [-0.3, -0.25) is 14.4 Å². The quantitative estimate of drug-likeness (QED) is 0.240. The van der Waals surface area contributed by atoms with Crippen LogP contribution in [0.1, 0.15) is 71.5 Å². The Morgan fingerprint density at radius 2 is 1.90 bits per heavy atom. The van der Waals surface area contributed by atoms with Crippen LogP contribution in [0, 0.1) is 6.92 Å². The van der Waals surface area contributed by atoms with Crippen molar-refractivity contribution >= 4 is 40.3 Å². The molecule has 14 nitrogen and oxygen atoms in total. The molecular formula is C34H32ClF2N9O5. The molecule has 1 aliphatic carbocycles. The number of piperidine rings is 1. The lowest BCUT2D eigenvalue weighted by molar-refractivity contribution is -0.116. The van der Waals surface area contributed by atoms with E-state index in [0.717, 1.165) is 6.07 Å². The Bertz CT molecular complexity index is 2270. The number of alkyl halides is 2. The second kappa shape index (κ2) is 13.0. The number of anilines is 1. The molecule has 0 saturated carbocycles. The summed E-state index contributed by atoms with van der Waals surface area (Å²) in [5.74, 6) is -1.12. The smallest absolute Gasteiger partial charge is 0.276 e. The topological polar surface area (TPSA) is 170 Å². The maximum Gasteiger partial charge on any atom is 0.276 e. The van der Waals surface area contributed by atoms with Gasteiger partial charge >= 0.3 is 0 Å². The fourth-order valence-corrected chi connectivity index (χ4v) is 7.53. The Kier molecular flexibility index (Phi) is 8.65. The number of carbonyl (C=O) groups excluding carboxylic acids is 2. The SMILES string of the molecule is COc1cc(-n2nc3c(=O)c4c(n(CC(=O)Nc5ccc(C(F)F)cc5Cl)c3n2)[C@@H](C)CC42CCN(C(=O)c3ncnc(C)c3O)CC2)ccn1. The molecule has 264 valence electrons. The number of halogens is 3. The fraction of sp³-hybridized carbons (Fsp3) is 0.353. The van der Waals surface area contributed by atoms with Gasteiger partial charge < -0.3 is 24.6 Å². The maximum atomic E-state index is 14.5. The van der Waals surface area contributed by atoms with Gasteiger partial charge in [0.05, 0.1) is 29.2 Å². The van der Waals surface area contributed by atoms with Crippen molar-refractivity contribution in [3.63, 3.8) is 0 Å². The Hall–Kier alpha value is -5.51. The van der Waals surface area contributed by atoms with Gasteiger partial charge in [-0.05, 0) is 50.3 Å². The van der Waals surface area contributed by atoms with E-state index in [4.69, 9.17) is 16.3 Å². The number of aromatic hydroxyl groups is 1. The van der Waals surface area contributed by atoms with E-state index in [1.54, 1.807) is 28.5 Å². The molecule has 7 rings (SSSR count). The third kappa shape index (κ3) is 5.92. The molecule has 1 aliphatic heterocycles. The highest BCUT2D eigenvalue weighted by Crippen LogP contribution is 2.51. The summed E-state index contributed by atoms with van der Waals surface area (Å²) in [6.45, 7) is 3.86. The molecule has 5 heterocycles. The van der Waals surface area contributed by atoms with Crippen LogP contribution in [0.15, 0.2) is 47.7 Å². The molecule has 2 N–H and O–H groups in total. The molecule has 4 aromatic heterocycles. The molecule has 5 aromatic rings. The molecule has 2 aliphatic rings. The number of hydrogen-bond acceptors (Lipinski definition) is 10. The number of nitrogens with one attached hydrogen (secondary N) is 1. The van der Waals surface area contributed by atoms with Crippen LogP contribution < -0.4 is 15.5 Å². The molecule has 0 unspecified atom stereocenters. The molecule has 1 fully saturated rings. The van der Waals surface area contributed by atoms with Crippen LogP contribution in [0.2, 0.25) is 5.02 Å². The van der Waals surface area contributed by atoms with Crippen LogP contribution in [-0.4, -0.2) is 76.5 Å². The number of carbonyl (C=O) groups is 2. The van der Waals surface area contributed by atoms with E-state index < -0.39 is 23.7 Å². The first-order valence-corrected chi connectivity index (χ1v) is 16.5. The van der Waals surface area contributed by atoms with Gasteiger partial charge in [0.2, 0.25) is 17.2 Å². The Labute approximate surface area is 294 Å². The normalized spacial score (nSPS) is 16.5. The van der Waals surface area contributed by atoms with Gasteiger partial charge in [-0.2, -0.15) is 0 Å². The highest BCUT2D eigenvalue weighted by Gasteiger charge is 2.49. The summed E-state index contributed by atoms with van der Waals surface area (Å²) >= 11 is 6.25. The number of aromatic nitrogens is 7. The molecule has 2 amide bonds. The highest BCUT2D eigenvalue weighted by molar-refractivity contribution is 6.33. The number of amides is 2. The average molecular weight is 720 g/mol. The number of nitrogens with zero attached hydrogens (tertiary/aromatic N) is 8. The van der Waals surface area contributed by atoms with Crippen LogP contribution in [0.5, 0.6) is 11.6 Å². The van der Waals surface area contributed by atoms with E-state index in [1.807, 2.05) is 6.92 Å². The highest BCUT2D eigenvalue weighted by atomic mass is 35.5. The van der Waals surface area contributed by atoms with Crippen LogP contribution >= 0.6 is 11.6 Å². The van der Waals surface area contributed by atoms with Crippen molar-refractivity contribution < 1.29 is 28.2 Å². The van der Waals surface area contributed by atoms with Gasteiger partial charge in [0.1, 0.15) is 12.9 Å². The lowest BCUT2D eigenvalue weighted by Gasteiger charge is -2.39. The molecule has 17 heteroatoms. The van der Waals surface area contributed by atoms with Crippen molar-refractivity contribution in [2.75, 3.05) is 25.5 Å². The first-order chi connectivity index (χ1) is 24.4. The lowest BCUT2D eigenvalue weighted by Crippen LogP contribution is -2.46. The van der Waals surface area contributed by atoms with Gasteiger partial charge in [0, 0.05) is 47.6 Å². The Morgan fingerprint density at radius 1 is 1.14 bits per heavy atom. The summed E-state index contributed by atoms with van der Waals surface area (Å²) in [6, 6.07) is 6.85. The number of ether oxygens (including phenoxy) is 1. The lowest BCUT2D eigenvalue weighted by atomic mass is 9.73. The number of aryl methyl sites for hydroxylation is 1. The van der Waals surface area contributed by atoms with Crippen molar-refractivity contribution in [2.45, 2.75) is 57.4 Å². The fourth-order valence-electron chi connectivity index (χ4n) is 7.30. The Morgan fingerprint density at radius 3 is 2.61 bits per heavy atom. The average Bonchev–Trinajstić information content (AvgIpc) is 3.69. The summed E-state index contributed by atoms with van der Waals surface area (Å²) < 4.78 is 33.4. The van der Waals surface area contributed by atoms with E-state index in [-0.39, 0.29) is 56.8 Å². The molecule has 1 atom stereocenters. The monoisotopic (exact) mass is 719 g/mol. The molecular weight excluding hydrogens is 688 g/mol. The zero-order valence-corrected chi connectivity index (χ0v) is 28.5. The minimum Gasteiger partial charge on any atom is -0.504 e. The van der Waals surface area contributed by atoms with Gasteiger partial charge in [-0.25, -0.2) is 23.7 Å². The third-order valence-corrected chi connectivity index (χ3v) is 10.0. The molecule has 0 radical (unpaired) electrons. The van der Waals surface area contributed by atoms with E-state index in [2.05, 4.69) is 30.5 Å². The van der Waals surface area contributed by atoms with Crippen molar-refractivity contribution in [3.05, 3.63) is 86.3 Å². The second-order valence-electron chi connectivity index (χ2n) is 12.8. The summed E-state index contributed by atoms with van der Waals surface area (Å²) in [5, 5.41) is 22.4. The predicted octanol–water partition coefficient (Wildman–Crippen LogP) is 4.70. The summed E-state index contributed by atoms with van der Waals surface area (Å²) in [4.78, 5) is 56.5. The summed E-state index contributed by atoms with van der Waals surface area (Å²) in [7, 11) is 1.47. The van der Waals surface area contributed by atoms with E-state index >= 15 is 0 Å². The number of hydrogen-bond donors (Lipinski definition) is 2. The van der Waals surface area contributed by atoms with Crippen molar-refractivity contribution in [2.24, 2.45) is 0 Å².